The highest BCUT2D eigenvalue weighted by Crippen LogP contribution is 2.09. The van der Waals surface area contributed by atoms with E-state index in [9.17, 15) is 0 Å². The van der Waals surface area contributed by atoms with E-state index < -0.39 is 0 Å². The molecule has 17 heavy (non-hydrogen) atoms. The predicted molar refractivity (Wildman–Crippen MR) is 72.1 cm³/mol. The Balaban J connectivity index is 1.79. The summed E-state index contributed by atoms with van der Waals surface area (Å²) in [5, 5.41) is 3.39. The van der Waals surface area contributed by atoms with Crippen molar-refractivity contribution in [2.24, 2.45) is 0 Å². The third-order valence-electron chi connectivity index (χ3n) is 3.59. The molecule has 1 aromatic rings. The molecule has 2 rings (SSSR count). The Labute approximate surface area is 105 Å². The quantitative estimate of drug-likeness (QED) is 0.814. The largest absolute Gasteiger partial charge is 0.349 e. The van der Waals surface area contributed by atoms with Gasteiger partial charge in [0.15, 0.2) is 0 Å². The zero-order valence-corrected chi connectivity index (χ0v) is 11.0. The van der Waals surface area contributed by atoms with Gasteiger partial charge >= 0.3 is 0 Å². The van der Waals surface area contributed by atoms with E-state index in [4.69, 9.17) is 0 Å². The molecule has 0 unspecified atom stereocenters. The molecule has 0 spiro atoms. The summed E-state index contributed by atoms with van der Waals surface area (Å²) in [6.45, 7) is 9.11. The number of rotatable bonds is 6. The molecule has 0 aromatic carbocycles. The van der Waals surface area contributed by atoms with Crippen molar-refractivity contribution in [2.75, 3.05) is 26.2 Å². The third kappa shape index (κ3) is 3.86. The van der Waals surface area contributed by atoms with E-state index in [1.807, 2.05) is 0 Å². The lowest BCUT2D eigenvalue weighted by molar-refractivity contribution is 0.220. The summed E-state index contributed by atoms with van der Waals surface area (Å²) in [5.74, 6) is 0. The van der Waals surface area contributed by atoms with E-state index >= 15 is 0 Å². The number of nitrogens with zero attached hydrogens (tertiary/aromatic N) is 2. The van der Waals surface area contributed by atoms with Gasteiger partial charge in [0.25, 0.3) is 0 Å². The minimum atomic E-state index is 0.990. The number of likely N-dealkylation sites (tertiary alicyclic amines) is 1. The summed E-state index contributed by atoms with van der Waals surface area (Å²) >= 11 is 0. The fourth-order valence-electron chi connectivity index (χ4n) is 2.51. The smallest absolute Gasteiger partial charge is 0.0359 e. The van der Waals surface area contributed by atoms with E-state index in [2.05, 4.69) is 40.0 Å². The molecule has 96 valence electrons. The van der Waals surface area contributed by atoms with Crippen molar-refractivity contribution < 1.29 is 0 Å². The van der Waals surface area contributed by atoms with Gasteiger partial charge in [-0.05, 0) is 44.6 Å². The van der Waals surface area contributed by atoms with Gasteiger partial charge in [0, 0.05) is 31.5 Å². The zero-order chi connectivity index (χ0) is 11.9. The standard InChI is InChI=1S/C14H25N3/c1-2-15-13-14-7-6-10-17(14)12-11-16-8-4-3-5-9-16/h6-7,10,15H,2-5,8-9,11-13H2,1H3. The molecule has 1 saturated heterocycles. The van der Waals surface area contributed by atoms with Crippen molar-refractivity contribution in [1.29, 1.82) is 0 Å². The van der Waals surface area contributed by atoms with Gasteiger partial charge in [-0.3, -0.25) is 0 Å². The monoisotopic (exact) mass is 235 g/mol. The van der Waals surface area contributed by atoms with E-state index in [0.29, 0.717) is 0 Å². The van der Waals surface area contributed by atoms with Gasteiger partial charge in [-0.15, -0.1) is 0 Å². The number of aromatic nitrogens is 1. The lowest BCUT2D eigenvalue weighted by Gasteiger charge is -2.26. The minimum Gasteiger partial charge on any atom is -0.349 e. The van der Waals surface area contributed by atoms with Crippen LogP contribution in [0, 0.1) is 0 Å². The van der Waals surface area contributed by atoms with Crippen LogP contribution in [0.15, 0.2) is 18.3 Å². The highest BCUT2D eigenvalue weighted by molar-refractivity contribution is 5.06. The van der Waals surface area contributed by atoms with Crippen LogP contribution in [0.2, 0.25) is 0 Å². The first-order valence-electron chi connectivity index (χ1n) is 6.97. The van der Waals surface area contributed by atoms with Gasteiger partial charge in [0.05, 0.1) is 0 Å². The molecule has 0 atom stereocenters. The van der Waals surface area contributed by atoms with Crippen LogP contribution in [-0.2, 0) is 13.1 Å². The SMILES string of the molecule is CCNCc1cccn1CCN1CCCCC1. The molecule has 0 amide bonds. The van der Waals surface area contributed by atoms with Crippen LogP contribution in [0.1, 0.15) is 31.9 Å². The van der Waals surface area contributed by atoms with Crippen molar-refractivity contribution in [2.45, 2.75) is 39.3 Å². The summed E-state index contributed by atoms with van der Waals surface area (Å²) in [7, 11) is 0. The molecule has 0 saturated carbocycles. The van der Waals surface area contributed by atoms with Crippen molar-refractivity contribution in [3.8, 4) is 0 Å². The zero-order valence-electron chi connectivity index (χ0n) is 11.0. The van der Waals surface area contributed by atoms with Gasteiger partial charge in [-0.1, -0.05) is 13.3 Å². The van der Waals surface area contributed by atoms with Gasteiger partial charge in [-0.25, -0.2) is 0 Å². The van der Waals surface area contributed by atoms with Crippen molar-refractivity contribution in [1.82, 2.24) is 14.8 Å². The molecule has 1 fully saturated rings. The first kappa shape index (κ1) is 12.7. The van der Waals surface area contributed by atoms with Gasteiger partial charge < -0.3 is 14.8 Å². The van der Waals surface area contributed by atoms with E-state index in [-0.39, 0.29) is 0 Å². The Morgan fingerprint density at radius 2 is 2.00 bits per heavy atom. The molecule has 3 heteroatoms. The van der Waals surface area contributed by atoms with Crippen LogP contribution in [0.4, 0.5) is 0 Å². The molecule has 1 aromatic heterocycles. The van der Waals surface area contributed by atoms with Crippen LogP contribution in [0.3, 0.4) is 0 Å². The maximum atomic E-state index is 3.39. The predicted octanol–water partition coefficient (Wildman–Crippen LogP) is 2.08. The van der Waals surface area contributed by atoms with Crippen LogP contribution < -0.4 is 5.32 Å². The normalized spacial score (nSPS) is 17.5. The van der Waals surface area contributed by atoms with Crippen molar-refractivity contribution >= 4 is 0 Å². The second-order valence-electron chi connectivity index (χ2n) is 4.88. The number of piperidine rings is 1. The van der Waals surface area contributed by atoms with Gasteiger partial charge in [-0.2, -0.15) is 0 Å². The minimum absolute atomic E-state index is 0.990. The topological polar surface area (TPSA) is 20.2 Å². The lowest BCUT2D eigenvalue weighted by atomic mass is 10.1. The summed E-state index contributed by atoms with van der Waals surface area (Å²) < 4.78 is 2.39. The molecule has 2 heterocycles. The molecule has 1 aliphatic heterocycles. The Bertz CT molecular complexity index is 313. The van der Waals surface area contributed by atoms with E-state index in [1.165, 1.54) is 44.6 Å². The summed E-state index contributed by atoms with van der Waals surface area (Å²) in [6, 6.07) is 4.38. The fraction of sp³-hybridized carbons (Fsp3) is 0.714. The van der Waals surface area contributed by atoms with Crippen LogP contribution in [0.5, 0.6) is 0 Å². The molecular weight excluding hydrogens is 210 g/mol. The van der Waals surface area contributed by atoms with Crippen molar-refractivity contribution in [3.63, 3.8) is 0 Å². The van der Waals surface area contributed by atoms with E-state index in [1.54, 1.807) is 0 Å². The summed E-state index contributed by atoms with van der Waals surface area (Å²) in [4.78, 5) is 2.60. The molecule has 0 aliphatic carbocycles. The van der Waals surface area contributed by atoms with Crippen LogP contribution in [-0.4, -0.2) is 35.6 Å². The second-order valence-corrected chi connectivity index (χ2v) is 4.88. The Morgan fingerprint density at radius 3 is 2.76 bits per heavy atom. The Morgan fingerprint density at radius 1 is 1.18 bits per heavy atom. The Kier molecular flexibility index (Phi) is 5.08. The van der Waals surface area contributed by atoms with Gasteiger partial charge in [0.2, 0.25) is 0 Å². The van der Waals surface area contributed by atoms with E-state index in [0.717, 1.165) is 19.6 Å². The maximum absolute atomic E-state index is 3.39. The fourth-order valence-corrected chi connectivity index (χ4v) is 2.51. The average molecular weight is 235 g/mol. The first-order chi connectivity index (χ1) is 8.40. The molecular formula is C14H25N3. The second kappa shape index (κ2) is 6.82. The number of nitrogens with one attached hydrogen (secondary N) is 1. The third-order valence-corrected chi connectivity index (χ3v) is 3.59. The maximum Gasteiger partial charge on any atom is 0.0359 e. The van der Waals surface area contributed by atoms with Gasteiger partial charge in [0.1, 0.15) is 0 Å². The highest BCUT2D eigenvalue weighted by Gasteiger charge is 2.10. The highest BCUT2D eigenvalue weighted by atomic mass is 15.1. The Hall–Kier alpha value is -0.800. The molecule has 0 radical (unpaired) electrons. The number of hydrogen-bond donors (Lipinski definition) is 1. The van der Waals surface area contributed by atoms with Crippen LogP contribution >= 0.6 is 0 Å². The van der Waals surface area contributed by atoms with Crippen molar-refractivity contribution in [3.05, 3.63) is 24.0 Å². The lowest BCUT2D eigenvalue weighted by Crippen LogP contribution is -2.32. The summed E-state index contributed by atoms with van der Waals surface area (Å²) in [5.41, 5.74) is 1.41. The first-order valence-corrected chi connectivity index (χ1v) is 6.97. The molecule has 1 N–H and O–H groups in total. The van der Waals surface area contributed by atoms with Crippen LogP contribution in [0.25, 0.3) is 0 Å². The molecule has 0 bridgehead atoms. The molecule has 1 aliphatic rings. The summed E-state index contributed by atoms with van der Waals surface area (Å²) in [6.07, 6.45) is 6.40. The average Bonchev–Trinajstić information content (AvgIpc) is 2.82. The number of hydrogen-bond acceptors (Lipinski definition) is 2. The molecule has 3 nitrogen and oxygen atoms in total.